The number of allylic oxidation sites excluding steroid dienone is 4. The van der Waals surface area contributed by atoms with Crippen molar-refractivity contribution < 1.29 is 10.2 Å². The van der Waals surface area contributed by atoms with E-state index in [4.69, 9.17) is 6.42 Å². The maximum Gasteiger partial charge on any atom is 0.114 e. The van der Waals surface area contributed by atoms with Crippen molar-refractivity contribution in [1.82, 2.24) is 0 Å². The van der Waals surface area contributed by atoms with Gasteiger partial charge in [-0.05, 0) is 68.7 Å². The van der Waals surface area contributed by atoms with E-state index in [-0.39, 0.29) is 17.6 Å². The number of hydrogen-bond acceptors (Lipinski definition) is 2. The average molecular weight is 298 g/mol. The molecule has 2 unspecified atom stereocenters. The molecular formula is C20H26O2. The standard InChI is InChI=1S/C20H26O2/c1-5-6-9-16-12-18(21)19(20(22,13-16)14(2)3)17-10-7-8-15(4)11-17/h1,11-13,17,19,21-22H,2,6-10H2,3-4H3/t17?,19-,20?/m1/s1. The third-order valence-electron chi connectivity index (χ3n) is 4.81. The molecule has 22 heavy (non-hydrogen) atoms. The van der Waals surface area contributed by atoms with E-state index >= 15 is 0 Å². The second kappa shape index (κ2) is 6.58. The summed E-state index contributed by atoms with van der Waals surface area (Å²) in [6, 6.07) is 0. The van der Waals surface area contributed by atoms with Gasteiger partial charge in [0.1, 0.15) is 5.60 Å². The van der Waals surface area contributed by atoms with Crippen LogP contribution in [0, 0.1) is 24.2 Å². The van der Waals surface area contributed by atoms with Crippen LogP contribution >= 0.6 is 0 Å². The molecule has 2 N–H and O–H groups in total. The maximum atomic E-state index is 11.2. The predicted molar refractivity (Wildman–Crippen MR) is 91.2 cm³/mol. The van der Waals surface area contributed by atoms with E-state index in [0.29, 0.717) is 18.4 Å². The third-order valence-corrected chi connectivity index (χ3v) is 4.81. The summed E-state index contributed by atoms with van der Waals surface area (Å²) < 4.78 is 0. The lowest BCUT2D eigenvalue weighted by Crippen LogP contribution is -2.44. The molecule has 0 radical (unpaired) electrons. The quantitative estimate of drug-likeness (QED) is 0.594. The van der Waals surface area contributed by atoms with Gasteiger partial charge in [0.15, 0.2) is 0 Å². The number of hydrogen-bond donors (Lipinski definition) is 2. The molecule has 2 aliphatic carbocycles. The van der Waals surface area contributed by atoms with E-state index in [2.05, 4.69) is 25.5 Å². The van der Waals surface area contributed by atoms with Crippen LogP contribution in [-0.2, 0) is 0 Å². The first-order chi connectivity index (χ1) is 10.4. The molecule has 0 bridgehead atoms. The number of aliphatic hydroxyl groups is 2. The highest BCUT2D eigenvalue weighted by Gasteiger charge is 2.44. The Morgan fingerprint density at radius 2 is 2.27 bits per heavy atom. The molecule has 0 fully saturated rings. The van der Waals surface area contributed by atoms with Crippen molar-refractivity contribution >= 4 is 0 Å². The van der Waals surface area contributed by atoms with Crippen LogP contribution in [0.1, 0.15) is 46.0 Å². The second-order valence-electron chi connectivity index (χ2n) is 6.65. The Balaban J connectivity index is 2.39. The highest BCUT2D eigenvalue weighted by molar-refractivity contribution is 5.41. The molecule has 0 aromatic heterocycles. The molecule has 0 amide bonds. The molecule has 0 spiro atoms. The maximum absolute atomic E-state index is 11.2. The van der Waals surface area contributed by atoms with Crippen LogP contribution < -0.4 is 0 Å². The molecule has 2 rings (SSSR count). The first kappa shape index (κ1) is 16.6. The van der Waals surface area contributed by atoms with Gasteiger partial charge in [-0.25, -0.2) is 0 Å². The van der Waals surface area contributed by atoms with Gasteiger partial charge >= 0.3 is 0 Å². The summed E-state index contributed by atoms with van der Waals surface area (Å²) in [4.78, 5) is 0. The Morgan fingerprint density at radius 1 is 1.55 bits per heavy atom. The van der Waals surface area contributed by atoms with Gasteiger partial charge in [0.05, 0.1) is 11.7 Å². The zero-order valence-corrected chi connectivity index (χ0v) is 13.6. The summed E-state index contributed by atoms with van der Waals surface area (Å²) in [5.74, 6) is 2.63. The van der Waals surface area contributed by atoms with Gasteiger partial charge < -0.3 is 10.2 Å². The van der Waals surface area contributed by atoms with Gasteiger partial charge in [-0.2, -0.15) is 0 Å². The molecule has 2 aliphatic rings. The molecule has 0 aliphatic heterocycles. The minimum atomic E-state index is -1.21. The fourth-order valence-electron chi connectivity index (χ4n) is 3.63. The molecule has 0 heterocycles. The van der Waals surface area contributed by atoms with E-state index in [1.807, 2.05) is 13.0 Å². The first-order valence-corrected chi connectivity index (χ1v) is 8.00. The molecule has 118 valence electrons. The normalized spacial score (nSPS) is 31.6. The Labute approximate surface area is 133 Å². The minimum Gasteiger partial charge on any atom is -0.512 e. The average Bonchev–Trinajstić information content (AvgIpc) is 2.44. The van der Waals surface area contributed by atoms with E-state index in [0.717, 1.165) is 24.8 Å². The second-order valence-corrected chi connectivity index (χ2v) is 6.65. The Hall–Kier alpha value is -1.72. The van der Waals surface area contributed by atoms with Crippen molar-refractivity contribution in [2.24, 2.45) is 11.8 Å². The van der Waals surface area contributed by atoms with Crippen LogP contribution in [-0.4, -0.2) is 15.8 Å². The van der Waals surface area contributed by atoms with Crippen molar-refractivity contribution in [3.8, 4) is 12.3 Å². The molecule has 2 heteroatoms. The van der Waals surface area contributed by atoms with E-state index < -0.39 is 5.60 Å². The summed E-state index contributed by atoms with van der Waals surface area (Å²) in [6.45, 7) is 7.90. The van der Waals surface area contributed by atoms with Crippen molar-refractivity contribution in [1.29, 1.82) is 0 Å². The Kier molecular flexibility index (Phi) is 4.98. The summed E-state index contributed by atoms with van der Waals surface area (Å²) >= 11 is 0. The first-order valence-electron chi connectivity index (χ1n) is 8.00. The smallest absolute Gasteiger partial charge is 0.114 e. The molecule has 0 aromatic carbocycles. The van der Waals surface area contributed by atoms with Crippen LogP contribution in [0.15, 0.2) is 47.3 Å². The fourth-order valence-corrected chi connectivity index (χ4v) is 3.63. The van der Waals surface area contributed by atoms with E-state index in [9.17, 15) is 10.2 Å². The predicted octanol–water partition coefficient (Wildman–Crippen LogP) is 4.45. The molecule has 0 saturated heterocycles. The van der Waals surface area contributed by atoms with Crippen molar-refractivity contribution in [3.63, 3.8) is 0 Å². The van der Waals surface area contributed by atoms with Gasteiger partial charge in [0, 0.05) is 6.42 Å². The highest BCUT2D eigenvalue weighted by Crippen LogP contribution is 2.45. The number of terminal acetylenes is 1. The number of rotatable bonds is 4. The zero-order chi connectivity index (χ0) is 16.3. The van der Waals surface area contributed by atoms with E-state index in [1.54, 1.807) is 6.08 Å². The van der Waals surface area contributed by atoms with Crippen LogP contribution in [0.3, 0.4) is 0 Å². The van der Waals surface area contributed by atoms with Crippen molar-refractivity contribution in [2.45, 2.75) is 51.6 Å². The van der Waals surface area contributed by atoms with Gasteiger partial charge in [-0.15, -0.1) is 12.3 Å². The number of aliphatic hydroxyl groups excluding tert-OH is 1. The summed E-state index contributed by atoms with van der Waals surface area (Å²) in [6.07, 6.45) is 15.6. The summed E-state index contributed by atoms with van der Waals surface area (Å²) in [5.41, 5.74) is 1.66. The monoisotopic (exact) mass is 298 g/mol. The third kappa shape index (κ3) is 3.20. The van der Waals surface area contributed by atoms with Crippen molar-refractivity contribution in [2.75, 3.05) is 0 Å². The Morgan fingerprint density at radius 3 is 2.86 bits per heavy atom. The Bertz CT molecular complexity index is 585. The zero-order valence-electron chi connectivity index (χ0n) is 13.6. The lowest BCUT2D eigenvalue weighted by molar-refractivity contribution is 0.0328. The molecule has 3 atom stereocenters. The van der Waals surface area contributed by atoms with Crippen LogP contribution in [0.5, 0.6) is 0 Å². The summed E-state index contributed by atoms with van der Waals surface area (Å²) in [5, 5.41) is 21.8. The van der Waals surface area contributed by atoms with Gasteiger partial charge in [0.25, 0.3) is 0 Å². The molecule has 2 nitrogen and oxygen atoms in total. The van der Waals surface area contributed by atoms with Crippen LogP contribution in [0.2, 0.25) is 0 Å². The van der Waals surface area contributed by atoms with Gasteiger partial charge in [-0.3, -0.25) is 0 Å². The largest absolute Gasteiger partial charge is 0.512 e. The lowest BCUT2D eigenvalue weighted by atomic mass is 9.67. The molecular weight excluding hydrogens is 272 g/mol. The van der Waals surface area contributed by atoms with Gasteiger partial charge in [-0.1, -0.05) is 18.2 Å². The minimum absolute atomic E-state index is 0.136. The summed E-state index contributed by atoms with van der Waals surface area (Å²) in [7, 11) is 0. The van der Waals surface area contributed by atoms with Crippen LogP contribution in [0.4, 0.5) is 0 Å². The fraction of sp³-hybridized carbons (Fsp3) is 0.500. The lowest BCUT2D eigenvalue weighted by Gasteiger charge is -2.42. The SMILES string of the molecule is C#CCCC1=CC(O)(C(=C)C)[C@H](C2C=C(C)CCC2)C(O)=C1. The molecule has 0 aromatic rings. The van der Waals surface area contributed by atoms with Crippen molar-refractivity contribution in [3.05, 3.63) is 47.3 Å². The molecule has 0 saturated carbocycles. The van der Waals surface area contributed by atoms with E-state index in [1.165, 1.54) is 5.57 Å². The highest BCUT2D eigenvalue weighted by atomic mass is 16.3. The van der Waals surface area contributed by atoms with Gasteiger partial charge in [0.2, 0.25) is 0 Å². The van der Waals surface area contributed by atoms with Crippen LogP contribution in [0.25, 0.3) is 0 Å². The topological polar surface area (TPSA) is 40.5 Å².